The number of hydrogen-bond acceptors (Lipinski definition) is 4. The number of hydrogen-bond donors (Lipinski definition) is 1. The van der Waals surface area contributed by atoms with E-state index >= 15 is 0 Å². The summed E-state index contributed by atoms with van der Waals surface area (Å²) < 4.78 is 8.27. The molecule has 2 aromatic carbocycles. The van der Waals surface area contributed by atoms with E-state index in [1.165, 1.54) is 19.3 Å². The molecule has 5 nitrogen and oxygen atoms in total. The van der Waals surface area contributed by atoms with E-state index in [9.17, 15) is 9.59 Å². The molecule has 27 heavy (non-hydrogen) atoms. The monoisotopic (exact) mass is 427 g/mol. The van der Waals surface area contributed by atoms with Gasteiger partial charge in [0, 0.05) is 6.08 Å². The van der Waals surface area contributed by atoms with Crippen molar-refractivity contribution in [1.82, 2.24) is 5.32 Å². The van der Waals surface area contributed by atoms with Crippen LogP contribution in [-0.4, -0.2) is 29.0 Å². The van der Waals surface area contributed by atoms with Crippen molar-refractivity contribution in [2.24, 2.45) is 0 Å². The molecule has 0 aliphatic heterocycles. The van der Waals surface area contributed by atoms with Crippen molar-refractivity contribution in [1.29, 1.82) is 0 Å². The third-order valence-corrected chi connectivity index (χ3v) is 3.90. The molecular weight excluding hydrogens is 413 g/mol. The van der Waals surface area contributed by atoms with Gasteiger partial charge in [-0.05, 0) is 29.8 Å². The van der Waals surface area contributed by atoms with Crippen molar-refractivity contribution < 1.29 is 19.1 Å². The Balaban J connectivity index is 2.11. The molecule has 0 bridgehead atoms. The summed E-state index contributed by atoms with van der Waals surface area (Å²) in [6.45, 7) is 0. The van der Waals surface area contributed by atoms with Gasteiger partial charge in [0.2, 0.25) is 15.9 Å². The number of benzene rings is 2. The first-order chi connectivity index (χ1) is 12.8. The van der Waals surface area contributed by atoms with Gasteiger partial charge in [-0.3, -0.25) is 4.79 Å². The molecule has 0 fully saturated rings. The van der Waals surface area contributed by atoms with Gasteiger partial charge in [0.05, 0.1) is 12.7 Å². The molecule has 1 amide bonds. The number of alkyl halides is 3. The fourth-order valence-electron chi connectivity index (χ4n) is 2.04. The number of halogens is 3. The lowest BCUT2D eigenvalue weighted by atomic mass is 10.2. The fourth-order valence-corrected chi connectivity index (χ4v) is 2.34. The first kappa shape index (κ1) is 21.1. The minimum atomic E-state index is -1.95. The largest absolute Gasteiger partial charge is 0.466 e. The van der Waals surface area contributed by atoms with Crippen molar-refractivity contribution in [3.63, 3.8) is 0 Å². The van der Waals surface area contributed by atoms with Crippen LogP contribution in [0.4, 0.5) is 0 Å². The second kappa shape index (κ2) is 9.65. The average Bonchev–Trinajstić information content (AvgIpc) is 2.65. The molecule has 2 aromatic rings. The maximum atomic E-state index is 12.2. The molecule has 8 heteroatoms. The Kier molecular flexibility index (Phi) is 7.54. The summed E-state index contributed by atoms with van der Waals surface area (Å²) in [5, 5.41) is 2.48. The lowest BCUT2D eigenvalue weighted by molar-refractivity contribution is -0.118. The Bertz CT molecular complexity index is 819. The predicted octanol–water partition coefficient (Wildman–Crippen LogP) is 4.38. The lowest BCUT2D eigenvalue weighted by Gasteiger charge is -2.26. The molecule has 1 N–H and O–H groups in total. The number of ether oxygens (including phenoxy) is 2. The first-order valence-electron chi connectivity index (χ1n) is 7.75. The van der Waals surface area contributed by atoms with Gasteiger partial charge in [0.15, 0.2) is 0 Å². The highest BCUT2D eigenvalue weighted by molar-refractivity contribution is 6.68. The van der Waals surface area contributed by atoms with Crippen LogP contribution < -0.4 is 10.1 Å². The quantitative estimate of drug-likeness (QED) is 0.321. The molecule has 0 saturated carbocycles. The molecule has 0 aliphatic carbocycles. The predicted molar refractivity (Wildman–Crippen MR) is 106 cm³/mol. The van der Waals surface area contributed by atoms with E-state index < -0.39 is 21.9 Å². The van der Waals surface area contributed by atoms with Crippen molar-refractivity contribution in [3.05, 3.63) is 71.8 Å². The van der Waals surface area contributed by atoms with Crippen molar-refractivity contribution in [2.75, 3.05) is 7.11 Å². The molecular formula is C19H16Cl3NO4. The number of nitrogens with one attached hydrogen (secondary N) is 1. The Hall–Kier alpha value is -2.21. The number of methoxy groups -OCH3 is 1. The lowest BCUT2D eigenvalue weighted by Crippen LogP contribution is -2.47. The van der Waals surface area contributed by atoms with Gasteiger partial charge in [-0.15, -0.1) is 0 Å². The summed E-state index contributed by atoms with van der Waals surface area (Å²) in [6, 6.07) is 15.3. The minimum absolute atomic E-state index is 0.224. The first-order valence-corrected chi connectivity index (χ1v) is 8.88. The van der Waals surface area contributed by atoms with Crippen LogP contribution in [0.3, 0.4) is 0 Å². The third-order valence-electron chi connectivity index (χ3n) is 3.31. The van der Waals surface area contributed by atoms with Gasteiger partial charge in [0.1, 0.15) is 5.75 Å². The van der Waals surface area contributed by atoms with Crippen LogP contribution in [0.2, 0.25) is 0 Å². The van der Waals surface area contributed by atoms with Crippen LogP contribution in [0, 0.1) is 0 Å². The molecule has 2 rings (SSSR count). The number of carbonyl (C=O) groups is 2. The zero-order valence-electron chi connectivity index (χ0n) is 14.2. The SMILES string of the molecule is COC(=O)c1cccc(OC(NC(=O)C=Cc2ccccc2)C(Cl)(Cl)Cl)c1. The second-order valence-electron chi connectivity index (χ2n) is 5.31. The number of esters is 1. The molecule has 142 valence electrons. The molecule has 0 saturated heterocycles. The minimum Gasteiger partial charge on any atom is -0.466 e. The van der Waals surface area contributed by atoms with Crippen molar-refractivity contribution >= 4 is 52.8 Å². The van der Waals surface area contributed by atoms with E-state index in [1.807, 2.05) is 30.3 Å². The molecule has 1 unspecified atom stereocenters. The van der Waals surface area contributed by atoms with Crippen LogP contribution >= 0.6 is 34.8 Å². The van der Waals surface area contributed by atoms with Gasteiger partial charge in [-0.2, -0.15) is 0 Å². The third kappa shape index (κ3) is 6.79. The van der Waals surface area contributed by atoms with E-state index in [0.717, 1.165) is 5.56 Å². The van der Waals surface area contributed by atoms with E-state index in [2.05, 4.69) is 10.1 Å². The molecule has 0 spiro atoms. The smallest absolute Gasteiger partial charge is 0.337 e. The number of rotatable bonds is 6. The maximum Gasteiger partial charge on any atom is 0.337 e. The Morgan fingerprint density at radius 3 is 2.41 bits per heavy atom. The van der Waals surface area contributed by atoms with Crippen LogP contribution in [0.1, 0.15) is 15.9 Å². The summed E-state index contributed by atoms with van der Waals surface area (Å²) in [7, 11) is 1.26. The van der Waals surface area contributed by atoms with Crippen LogP contribution in [0.15, 0.2) is 60.7 Å². The van der Waals surface area contributed by atoms with E-state index in [-0.39, 0.29) is 11.3 Å². The summed E-state index contributed by atoms with van der Waals surface area (Å²) in [5.74, 6) is -0.832. The van der Waals surface area contributed by atoms with Crippen LogP contribution in [-0.2, 0) is 9.53 Å². The van der Waals surface area contributed by atoms with E-state index in [0.29, 0.717) is 0 Å². The van der Waals surface area contributed by atoms with Gasteiger partial charge in [0.25, 0.3) is 0 Å². The highest BCUT2D eigenvalue weighted by Crippen LogP contribution is 2.32. The zero-order chi connectivity index (χ0) is 19.9. The second-order valence-corrected chi connectivity index (χ2v) is 7.68. The van der Waals surface area contributed by atoms with Gasteiger partial charge in [-0.1, -0.05) is 71.2 Å². The highest BCUT2D eigenvalue weighted by Gasteiger charge is 2.36. The van der Waals surface area contributed by atoms with Gasteiger partial charge >= 0.3 is 5.97 Å². The topological polar surface area (TPSA) is 64.6 Å². The number of carbonyl (C=O) groups excluding carboxylic acids is 2. The Morgan fingerprint density at radius 1 is 1.07 bits per heavy atom. The molecule has 0 heterocycles. The molecule has 1 atom stereocenters. The Labute approximate surface area is 171 Å². The van der Waals surface area contributed by atoms with Crippen LogP contribution in [0.25, 0.3) is 6.08 Å². The zero-order valence-corrected chi connectivity index (χ0v) is 16.5. The van der Waals surface area contributed by atoms with E-state index in [1.54, 1.807) is 24.3 Å². The van der Waals surface area contributed by atoms with E-state index in [4.69, 9.17) is 39.5 Å². The van der Waals surface area contributed by atoms with Crippen LogP contribution in [0.5, 0.6) is 5.75 Å². The normalized spacial score (nSPS) is 12.4. The van der Waals surface area contributed by atoms with Crippen molar-refractivity contribution in [2.45, 2.75) is 10.0 Å². The Morgan fingerprint density at radius 2 is 1.78 bits per heavy atom. The maximum absolute atomic E-state index is 12.2. The summed E-state index contributed by atoms with van der Waals surface area (Å²) in [6.07, 6.45) is 1.62. The summed E-state index contributed by atoms with van der Waals surface area (Å²) in [5.41, 5.74) is 1.10. The van der Waals surface area contributed by atoms with Crippen molar-refractivity contribution in [3.8, 4) is 5.75 Å². The highest BCUT2D eigenvalue weighted by atomic mass is 35.6. The van der Waals surface area contributed by atoms with Gasteiger partial charge in [-0.25, -0.2) is 4.79 Å². The standard InChI is InChI=1S/C19H16Cl3NO4/c1-26-17(25)14-8-5-9-15(12-14)27-18(19(20,21)22)23-16(24)11-10-13-6-3-2-4-7-13/h2-12,18H,1H3,(H,23,24). The van der Waals surface area contributed by atoms with Gasteiger partial charge < -0.3 is 14.8 Å². The fraction of sp³-hybridized carbons (Fsp3) is 0.158. The summed E-state index contributed by atoms with van der Waals surface area (Å²) in [4.78, 5) is 23.8. The molecule has 0 radical (unpaired) electrons. The average molecular weight is 429 g/mol. The molecule has 0 aromatic heterocycles. The summed E-state index contributed by atoms with van der Waals surface area (Å²) >= 11 is 17.7. The number of amides is 1. The molecule has 0 aliphatic rings.